The van der Waals surface area contributed by atoms with Crippen molar-refractivity contribution in [2.45, 2.75) is 48.3 Å². The number of nitrogens with zero attached hydrogens (tertiary/aromatic N) is 4. The van der Waals surface area contributed by atoms with Crippen LogP contribution in [-0.2, 0) is 14.1 Å². The summed E-state index contributed by atoms with van der Waals surface area (Å²) in [6, 6.07) is 7.86. The van der Waals surface area contributed by atoms with E-state index in [9.17, 15) is 0 Å². The van der Waals surface area contributed by atoms with E-state index >= 15 is 0 Å². The lowest BCUT2D eigenvalue weighted by molar-refractivity contribution is -0.649. The first-order valence-electron chi connectivity index (χ1n) is 12.7. The van der Waals surface area contributed by atoms with Crippen molar-refractivity contribution in [3.05, 3.63) is 63.6 Å². The maximum Gasteiger partial charge on any atom is 0.231 e. The van der Waals surface area contributed by atoms with Crippen LogP contribution >= 0.6 is 0 Å². The summed E-state index contributed by atoms with van der Waals surface area (Å²) in [7, 11) is 3.85. The van der Waals surface area contributed by atoms with Crippen molar-refractivity contribution in [3.63, 3.8) is 0 Å². The van der Waals surface area contributed by atoms with Crippen molar-refractivity contribution in [3.8, 4) is 22.6 Å². The average Bonchev–Trinajstić information content (AvgIpc) is 3.18. The molecule has 0 atom stereocenters. The minimum absolute atomic E-state index is 0.111. The van der Waals surface area contributed by atoms with E-state index in [2.05, 4.69) is 21.7 Å². The SMILES string of the molecule is [2H]C([2H])([2H])c1cc(-c2cc(C)cc(-c3c(C)n4c(C)c(C([2H])([2H])[2H])nc4n3C)[n+]2C)c(C)cc1C. The van der Waals surface area contributed by atoms with Crippen LogP contribution in [0.4, 0.5) is 0 Å². The Balaban J connectivity index is 2.01. The van der Waals surface area contributed by atoms with Gasteiger partial charge in [0.05, 0.1) is 11.4 Å². The smallest absolute Gasteiger partial charge is 0.231 e. The molecule has 0 saturated carbocycles. The van der Waals surface area contributed by atoms with E-state index in [1.165, 1.54) is 0 Å². The molecule has 0 N–H and O–H groups in total. The largest absolute Gasteiger partial charge is 0.308 e. The van der Waals surface area contributed by atoms with Gasteiger partial charge >= 0.3 is 0 Å². The molecule has 0 spiro atoms. The zero-order chi connectivity index (χ0) is 26.2. The number of aryl methyl sites for hydroxylation is 8. The molecule has 29 heavy (non-hydrogen) atoms. The normalized spacial score (nSPS) is 15.6. The third kappa shape index (κ3) is 2.81. The molecular weight excluding hydrogens is 356 g/mol. The Labute approximate surface area is 181 Å². The Morgan fingerprint density at radius 2 is 1.59 bits per heavy atom. The van der Waals surface area contributed by atoms with Gasteiger partial charge in [-0.25, -0.2) is 4.98 Å². The van der Waals surface area contributed by atoms with E-state index in [1.807, 2.05) is 56.8 Å². The molecule has 0 amide bonds. The molecule has 0 radical (unpaired) electrons. The lowest BCUT2D eigenvalue weighted by Gasteiger charge is -2.12. The first kappa shape index (κ1) is 13.4. The van der Waals surface area contributed by atoms with Gasteiger partial charge < -0.3 is 4.57 Å². The van der Waals surface area contributed by atoms with Crippen LogP contribution in [0.15, 0.2) is 24.3 Å². The predicted molar refractivity (Wildman–Crippen MR) is 119 cm³/mol. The van der Waals surface area contributed by atoms with Crippen molar-refractivity contribution in [1.29, 1.82) is 0 Å². The predicted octanol–water partition coefficient (Wildman–Crippen LogP) is 4.99. The van der Waals surface area contributed by atoms with Gasteiger partial charge in [0.1, 0.15) is 12.7 Å². The van der Waals surface area contributed by atoms with Gasteiger partial charge in [-0.1, -0.05) is 6.07 Å². The second kappa shape index (κ2) is 6.58. The van der Waals surface area contributed by atoms with E-state index in [0.29, 0.717) is 17.0 Å². The number of imidazole rings is 2. The molecule has 0 bridgehead atoms. The van der Waals surface area contributed by atoms with Crippen LogP contribution in [0.3, 0.4) is 0 Å². The van der Waals surface area contributed by atoms with E-state index in [-0.39, 0.29) is 5.69 Å². The molecule has 4 nitrogen and oxygen atoms in total. The fraction of sp³-hybridized carbons (Fsp3) is 0.360. The van der Waals surface area contributed by atoms with Crippen LogP contribution in [-0.4, -0.2) is 14.0 Å². The number of pyridine rings is 1. The van der Waals surface area contributed by atoms with Crippen LogP contribution < -0.4 is 4.57 Å². The average molecular weight is 394 g/mol. The minimum atomic E-state index is -2.28. The molecular formula is C25H31N4+. The van der Waals surface area contributed by atoms with Crippen molar-refractivity contribution in [2.24, 2.45) is 14.1 Å². The minimum Gasteiger partial charge on any atom is -0.308 e. The lowest BCUT2D eigenvalue weighted by atomic mass is 9.97. The molecule has 150 valence electrons. The van der Waals surface area contributed by atoms with Crippen molar-refractivity contribution >= 4 is 5.78 Å². The van der Waals surface area contributed by atoms with Gasteiger partial charge in [-0.3, -0.25) is 4.40 Å². The Kier molecular flexibility index (Phi) is 3.03. The molecule has 4 aromatic rings. The quantitative estimate of drug-likeness (QED) is 0.441. The molecule has 3 aromatic heterocycles. The van der Waals surface area contributed by atoms with Gasteiger partial charge in [0.15, 0.2) is 0 Å². The summed E-state index contributed by atoms with van der Waals surface area (Å²) >= 11 is 0. The highest BCUT2D eigenvalue weighted by Crippen LogP contribution is 2.30. The maximum absolute atomic E-state index is 7.97. The standard InChI is InChI=1S/C25H31N4/c1-14-10-22(21-13-16(3)15(2)12-17(21)4)27(8)23(11-14)24-20(7)29-19(6)18(5)26-25(29)28(24)9/h10-13H,1-9H3/q+1/i3D3,5D3. The van der Waals surface area contributed by atoms with Gasteiger partial charge in [-0.2, -0.15) is 4.57 Å². The number of hydrogen-bond donors (Lipinski definition) is 0. The number of aromatic nitrogens is 4. The number of hydrogen-bond acceptors (Lipinski definition) is 1. The van der Waals surface area contributed by atoms with Crippen molar-refractivity contribution in [2.75, 3.05) is 0 Å². The van der Waals surface area contributed by atoms with E-state index in [0.717, 1.165) is 45.0 Å². The van der Waals surface area contributed by atoms with Crippen molar-refractivity contribution < 1.29 is 12.8 Å². The fourth-order valence-corrected chi connectivity index (χ4v) is 4.33. The summed E-state index contributed by atoms with van der Waals surface area (Å²) < 4.78 is 53.3. The molecule has 4 rings (SSSR count). The lowest BCUT2D eigenvalue weighted by Crippen LogP contribution is -2.35. The Hall–Kier alpha value is -2.88. The molecule has 4 heteroatoms. The van der Waals surface area contributed by atoms with Crippen LogP contribution in [0.25, 0.3) is 28.4 Å². The zero-order valence-electron chi connectivity index (χ0n) is 24.1. The Morgan fingerprint density at radius 3 is 2.24 bits per heavy atom. The van der Waals surface area contributed by atoms with Gasteiger partial charge in [-0.05, 0) is 76.6 Å². The zero-order valence-corrected chi connectivity index (χ0v) is 18.1. The van der Waals surface area contributed by atoms with Gasteiger partial charge in [0.25, 0.3) is 0 Å². The van der Waals surface area contributed by atoms with Gasteiger partial charge in [-0.15, -0.1) is 0 Å². The summed E-state index contributed by atoms with van der Waals surface area (Å²) in [4.78, 5) is 4.48. The fourth-order valence-electron chi connectivity index (χ4n) is 4.33. The maximum atomic E-state index is 7.97. The highest BCUT2D eigenvalue weighted by Gasteiger charge is 2.26. The van der Waals surface area contributed by atoms with Gasteiger partial charge in [0.2, 0.25) is 17.2 Å². The molecule has 3 heterocycles. The van der Waals surface area contributed by atoms with Crippen LogP contribution in [0.5, 0.6) is 0 Å². The first-order chi connectivity index (χ1) is 16.0. The van der Waals surface area contributed by atoms with E-state index in [4.69, 9.17) is 8.22 Å². The summed E-state index contributed by atoms with van der Waals surface area (Å²) in [5, 5.41) is 0. The highest BCUT2D eigenvalue weighted by atomic mass is 15.2. The van der Waals surface area contributed by atoms with Gasteiger partial charge in [0, 0.05) is 38.7 Å². The molecule has 0 aliphatic carbocycles. The second-order valence-corrected chi connectivity index (χ2v) is 8.02. The highest BCUT2D eigenvalue weighted by molar-refractivity contribution is 5.68. The van der Waals surface area contributed by atoms with Crippen LogP contribution in [0.1, 0.15) is 47.6 Å². The van der Waals surface area contributed by atoms with E-state index in [1.54, 1.807) is 13.0 Å². The summed E-state index contributed by atoms with van der Waals surface area (Å²) in [5.41, 5.74) is 8.35. The first-order valence-corrected chi connectivity index (χ1v) is 9.72. The molecule has 1 aromatic carbocycles. The number of rotatable bonds is 2. The molecule has 0 aliphatic rings. The molecule has 0 aliphatic heterocycles. The number of benzene rings is 1. The summed E-state index contributed by atoms with van der Waals surface area (Å²) in [6.07, 6.45) is 0. The molecule has 0 unspecified atom stereocenters. The Bertz CT molecular complexity index is 1490. The summed E-state index contributed by atoms with van der Waals surface area (Å²) in [5.74, 6) is 0.570. The second-order valence-electron chi connectivity index (χ2n) is 8.02. The van der Waals surface area contributed by atoms with E-state index < -0.39 is 13.7 Å². The third-order valence-electron chi connectivity index (χ3n) is 5.94. The van der Waals surface area contributed by atoms with Crippen LogP contribution in [0, 0.1) is 48.3 Å². The summed E-state index contributed by atoms with van der Waals surface area (Å²) in [6.45, 7) is 5.11. The van der Waals surface area contributed by atoms with Crippen molar-refractivity contribution in [1.82, 2.24) is 14.0 Å². The molecule has 0 saturated heterocycles. The monoisotopic (exact) mass is 393 g/mol. The molecule has 0 fully saturated rings. The topological polar surface area (TPSA) is 26.1 Å². The third-order valence-corrected chi connectivity index (χ3v) is 5.94. The Morgan fingerprint density at radius 1 is 0.862 bits per heavy atom. The van der Waals surface area contributed by atoms with Crippen LogP contribution in [0.2, 0.25) is 0 Å². The number of fused-ring (bicyclic) bond motifs is 1.